The van der Waals surface area contributed by atoms with Crippen LogP contribution >= 0.6 is 0 Å². The summed E-state index contributed by atoms with van der Waals surface area (Å²) in [6, 6.07) is 9.60. The van der Waals surface area contributed by atoms with E-state index in [0.29, 0.717) is 31.2 Å². The second-order valence-corrected chi connectivity index (χ2v) is 9.88. The molecule has 0 amide bonds. The van der Waals surface area contributed by atoms with Crippen molar-refractivity contribution in [1.29, 1.82) is 0 Å². The lowest BCUT2D eigenvalue weighted by atomic mass is 10.1. The monoisotopic (exact) mass is 453 g/mol. The minimum Gasteiger partial charge on any atom is -0.385 e. The van der Waals surface area contributed by atoms with Crippen molar-refractivity contribution in [2.45, 2.75) is 19.6 Å². The minimum absolute atomic E-state index is 0.235. The fourth-order valence-corrected chi connectivity index (χ4v) is 5.07. The topological polar surface area (TPSA) is 127 Å². The molecule has 3 N–H and O–H groups in total. The van der Waals surface area contributed by atoms with Crippen molar-refractivity contribution in [1.82, 2.24) is 19.0 Å². The Morgan fingerprint density at radius 1 is 1.28 bits per heavy atom. The van der Waals surface area contributed by atoms with Crippen molar-refractivity contribution in [3.05, 3.63) is 59.8 Å². The normalized spacial score (nSPS) is 23.4. The number of piperidine rings is 1. The van der Waals surface area contributed by atoms with Gasteiger partial charge in [-0.25, -0.2) is 10.1 Å². The Labute approximate surface area is 186 Å². The van der Waals surface area contributed by atoms with Gasteiger partial charge in [0.2, 0.25) is 0 Å². The Morgan fingerprint density at radius 3 is 2.66 bits per heavy atom. The van der Waals surface area contributed by atoms with Crippen LogP contribution in [0, 0.1) is 29.6 Å². The molecule has 1 unspecified atom stereocenters. The summed E-state index contributed by atoms with van der Waals surface area (Å²) in [6.45, 7) is 3.06. The van der Waals surface area contributed by atoms with E-state index in [-0.39, 0.29) is 17.8 Å². The molecular formula is C22H23N5O4S. The standard InChI is InChI=1S/C22H23N5O4S/c1-14(28)22-24-8-9-26(22)11-17-10-21(31-25-17)16-5-2-15(3-6-16)4-7-18-19-12-27(13-20(18)19)32(23,29)30/h2-3,5-6,8-10,14,18-20,28H,11-13H2,1H3,(H2,23,29,30)/t14-,18?,19-,20+/m0/s1. The maximum Gasteiger partial charge on any atom is 0.276 e. The van der Waals surface area contributed by atoms with Gasteiger partial charge in [0.05, 0.1) is 6.54 Å². The van der Waals surface area contributed by atoms with Gasteiger partial charge in [-0.15, -0.1) is 0 Å². The highest BCUT2D eigenvalue weighted by atomic mass is 32.2. The van der Waals surface area contributed by atoms with Crippen molar-refractivity contribution in [2.24, 2.45) is 22.9 Å². The molecule has 1 saturated carbocycles. The number of nitrogens with two attached hydrogens (primary N) is 1. The largest absolute Gasteiger partial charge is 0.385 e. The summed E-state index contributed by atoms with van der Waals surface area (Å²) in [6.07, 6.45) is 2.78. The van der Waals surface area contributed by atoms with E-state index in [1.165, 1.54) is 4.31 Å². The number of imidazole rings is 1. The van der Waals surface area contributed by atoms with E-state index in [1.54, 1.807) is 19.3 Å². The van der Waals surface area contributed by atoms with Gasteiger partial charge in [-0.1, -0.05) is 17.0 Å². The number of hydrogen-bond donors (Lipinski definition) is 2. The third-order valence-electron chi connectivity index (χ3n) is 6.09. The minimum atomic E-state index is -3.59. The molecule has 1 aliphatic carbocycles. The first-order valence-electron chi connectivity index (χ1n) is 10.3. The van der Waals surface area contributed by atoms with Crippen molar-refractivity contribution in [3.8, 4) is 23.2 Å². The van der Waals surface area contributed by atoms with Crippen LogP contribution in [0.15, 0.2) is 47.2 Å². The van der Waals surface area contributed by atoms with Crippen LogP contribution in [0.2, 0.25) is 0 Å². The molecule has 0 bridgehead atoms. The van der Waals surface area contributed by atoms with Crippen molar-refractivity contribution < 1.29 is 18.0 Å². The molecule has 9 nitrogen and oxygen atoms in total. The number of hydrogen-bond acceptors (Lipinski definition) is 6. The Kier molecular flexibility index (Phi) is 5.14. The van der Waals surface area contributed by atoms with E-state index in [9.17, 15) is 13.5 Å². The zero-order chi connectivity index (χ0) is 22.5. The highest BCUT2D eigenvalue weighted by Gasteiger charge is 2.56. The Bertz CT molecular complexity index is 1290. The maximum atomic E-state index is 11.4. The van der Waals surface area contributed by atoms with Gasteiger partial charge in [0.15, 0.2) is 5.76 Å². The fraction of sp³-hybridized carbons (Fsp3) is 0.364. The van der Waals surface area contributed by atoms with E-state index in [0.717, 1.165) is 16.8 Å². The van der Waals surface area contributed by atoms with Gasteiger partial charge in [-0.05, 0) is 43.0 Å². The molecule has 1 aromatic carbocycles. The van der Waals surface area contributed by atoms with Crippen molar-refractivity contribution in [2.75, 3.05) is 13.1 Å². The fourth-order valence-electron chi connectivity index (χ4n) is 4.31. The lowest BCUT2D eigenvalue weighted by Gasteiger charge is -2.14. The number of aromatic nitrogens is 3. The molecule has 3 aromatic rings. The molecule has 5 rings (SSSR count). The van der Waals surface area contributed by atoms with Gasteiger partial charge in [-0.2, -0.15) is 12.7 Å². The summed E-state index contributed by atoms with van der Waals surface area (Å²) in [7, 11) is -3.59. The zero-order valence-corrected chi connectivity index (χ0v) is 18.2. The number of fused-ring (bicyclic) bond motifs is 1. The molecule has 10 heteroatoms. The van der Waals surface area contributed by atoms with Crippen LogP contribution in [0.25, 0.3) is 11.3 Å². The summed E-state index contributed by atoms with van der Waals surface area (Å²) >= 11 is 0. The summed E-state index contributed by atoms with van der Waals surface area (Å²) in [5.74, 6) is 8.51. The first-order chi connectivity index (χ1) is 15.3. The van der Waals surface area contributed by atoms with Crippen LogP contribution in [0.5, 0.6) is 0 Å². The highest BCUT2D eigenvalue weighted by molar-refractivity contribution is 7.86. The first kappa shape index (κ1) is 20.9. The van der Waals surface area contributed by atoms with E-state index < -0.39 is 16.3 Å². The molecule has 2 aliphatic rings. The molecule has 166 valence electrons. The van der Waals surface area contributed by atoms with Gasteiger partial charge in [0.1, 0.15) is 17.6 Å². The van der Waals surface area contributed by atoms with Gasteiger partial charge < -0.3 is 14.2 Å². The molecule has 1 aliphatic heterocycles. The molecular weight excluding hydrogens is 430 g/mol. The lowest BCUT2D eigenvalue weighted by molar-refractivity contribution is 0.184. The van der Waals surface area contributed by atoms with Gasteiger partial charge in [-0.3, -0.25) is 0 Å². The summed E-state index contributed by atoms with van der Waals surface area (Å²) in [5, 5.41) is 19.1. The molecule has 1 saturated heterocycles. The maximum absolute atomic E-state index is 11.4. The Morgan fingerprint density at radius 2 is 2.00 bits per heavy atom. The predicted octanol–water partition coefficient (Wildman–Crippen LogP) is 1.37. The molecule has 2 fully saturated rings. The Balaban J connectivity index is 1.22. The van der Waals surface area contributed by atoms with Gasteiger partial charge in [0, 0.05) is 48.6 Å². The number of aliphatic hydroxyl groups is 1. The van der Waals surface area contributed by atoms with Crippen molar-refractivity contribution in [3.63, 3.8) is 0 Å². The molecule has 0 spiro atoms. The van der Waals surface area contributed by atoms with Crippen LogP contribution < -0.4 is 5.14 Å². The molecule has 32 heavy (non-hydrogen) atoms. The molecule has 2 aromatic heterocycles. The van der Waals surface area contributed by atoms with Crippen LogP contribution in [-0.2, 0) is 16.8 Å². The van der Waals surface area contributed by atoms with Gasteiger partial charge in [0.25, 0.3) is 10.2 Å². The van der Waals surface area contributed by atoms with Crippen LogP contribution in [0.4, 0.5) is 0 Å². The summed E-state index contributed by atoms with van der Waals surface area (Å²) < 4.78 is 31.5. The van der Waals surface area contributed by atoms with E-state index >= 15 is 0 Å². The third kappa shape index (κ3) is 4.08. The van der Waals surface area contributed by atoms with E-state index in [2.05, 4.69) is 22.0 Å². The average molecular weight is 454 g/mol. The third-order valence-corrected chi connectivity index (χ3v) is 7.10. The molecule has 0 radical (unpaired) electrons. The SMILES string of the molecule is C[C@H](O)c1nccn1Cc1cc(-c2ccc(C#CC3[C@H]4CN(S(N)(=O)=O)C[C@@H]34)cc2)on1. The lowest BCUT2D eigenvalue weighted by Crippen LogP contribution is -2.36. The number of rotatable bonds is 5. The van der Waals surface area contributed by atoms with Gasteiger partial charge >= 0.3 is 0 Å². The van der Waals surface area contributed by atoms with E-state index in [4.69, 9.17) is 9.66 Å². The summed E-state index contributed by atoms with van der Waals surface area (Å²) in [5.41, 5.74) is 2.52. The highest BCUT2D eigenvalue weighted by Crippen LogP contribution is 2.51. The molecule has 4 atom stereocenters. The Hall–Kier alpha value is -2.97. The first-order valence-corrected chi connectivity index (χ1v) is 11.8. The number of nitrogens with zero attached hydrogens (tertiary/aromatic N) is 4. The van der Waals surface area contributed by atoms with E-state index in [1.807, 2.05) is 34.9 Å². The molecule has 3 heterocycles. The number of aliphatic hydroxyl groups excluding tert-OH is 1. The van der Waals surface area contributed by atoms with Crippen LogP contribution in [-0.4, -0.2) is 45.6 Å². The van der Waals surface area contributed by atoms with Crippen LogP contribution in [0.3, 0.4) is 0 Å². The predicted molar refractivity (Wildman–Crippen MR) is 116 cm³/mol. The second-order valence-electron chi connectivity index (χ2n) is 8.33. The average Bonchev–Trinajstić information content (AvgIpc) is 3.24. The van der Waals surface area contributed by atoms with Crippen LogP contribution in [0.1, 0.15) is 30.1 Å². The smallest absolute Gasteiger partial charge is 0.276 e. The van der Waals surface area contributed by atoms with Crippen molar-refractivity contribution >= 4 is 10.2 Å². The second kappa shape index (κ2) is 7.86. The summed E-state index contributed by atoms with van der Waals surface area (Å²) in [4.78, 5) is 4.16. The quantitative estimate of drug-likeness (QED) is 0.562. The number of benzene rings is 1. The zero-order valence-electron chi connectivity index (χ0n) is 17.4.